The molecule has 15 heteroatoms. The van der Waals surface area contributed by atoms with Crippen LogP contribution in [0.2, 0.25) is 10.0 Å². The van der Waals surface area contributed by atoms with Crippen LogP contribution >= 0.6 is 23.2 Å². The van der Waals surface area contributed by atoms with Gasteiger partial charge in [0.05, 0.1) is 43.5 Å². The minimum Gasteiger partial charge on any atom is -0.484 e. The number of urea groups is 1. The van der Waals surface area contributed by atoms with Gasteiger partial charge >= 0.3 is 6.03 Å². The Bertz CT molecular complexity index is 1350. The van der Waals surface area contributed by atoms with E-state index in [0.29, 0.717) is 68.0 Å². The Morgan fingerprint density at radius 1 is 1.00 bits per heavy atom. The average molecular weight is 689 g/mol. The number of amides is 2. The molecule has 0 saturated carbocycles. The van der Waals surface area contributed by atoms with E-state index in [1.54, 1.807) is 18.2 Å². The quantitative estimate of drug-likeness (QED) is 0.148. The van der Waals surface area contributed by atoms with E-state index in [4.69, 9.17) is 43.1 Å². The van der Waals surface area contributed by atoms with Gasteiger partial charge in [-0.1, -0.05) is 23.2 Å². The van der Waals surface area contributed by atoms with Crippen molar-refractivity contribution < 1.29 is 32.5 Å². The third-order valence-corrected chi connectivity index (χ3v) is 9.72. The van der Waals surface area contributed by atoms with Crippen molar-refractivity contribution in [3.63, 3.8) is 0 Å². The van der Waals surface area contributed by atoms with E-state index in [1.165, 1.54) is 12.1 Å². The average Bonchev–Trinajstić information content (AvgIpc) is 3.60. The summed E-state index contributed by atoms with van der Waals surface area (Å²) in [4.78, 5) is 13.9. The van der Waals surface area contributed by atoms with Gasteiger partial charge in [-0.05, 0) is 74.2 Å². The molecular weight excluding hydrogens is 645 g/mol. The maximum atomic E-state index is 12.8. The van der Waals surface area contributed by atoms with Gasteiger partial charge in [-0.3, -0.25) is 4.90 Å². The van der Waals surface area contributed by atoms with Gasteiger partial charge in [0.1, 0.15) is 11.9 Å². The lowest BCUT2D eigenvalue weighted by atomic mass is 10.1. The third-order valence-electron chi connectivity index (χ3n) is 7.68. The van der Waals surface area contributed by atoms with E-state index in [0.717, 1.165) is 30.5 Å². The van der Waals surface area contributed by atoms with E-state index in [1.807, 2.05) is 6.07 Å². The highest BCUT2D eigenvalue weighted by atomic mass is 35.5. The minimum absolute atomic E-state index is 0.0385. The Morgan fingerprint density at radius 3 is 2.40 bits per heavy atom. The fourth-order valence-electron chi connectivity index (χ4n) is 5.42. The van der Waals surface area contributed by atoms with Crippen LogP contribution < -0.4 is 25.8 Å². The fraction of sp³-hybridized carbons (Fsp3) is 0.567. The molecule has 1 aliphatic carbocycles. The van der Waals surface area contributed by atoms with Crippen molar-refractivity contribution in [2.24, 2.45) is 5.73 Å². The van der Waals surface area contributed by atoms with Gasteiger partial charge in [-0.15, -0.1) is 0 Å². The van der Waals surface area contributed by atoms with Crippen LogP contribution in [0.15, 0.2) is 41.3 Å². The molecule has 6 N–H and O–H groups in total. The highest BCUT2D eigenvalue weighted by Crippen LogP contribution is 2.43. The lowest BCUT2D eigenvalue weighted by Gasteiger charge is -2.30. The molecule has 12 nitrogen and oxygen atoms in total. The lowest BCUT2D eigenvalue weighted by Crippen LogP contribution is -2.39. The third kappa shape index (κ3) is 10.7. The molecule has 1 aliphatic heterocycles. The highest BCUT2D eigenvalue weighted by molar-refractivity contribution is 7.89. The van der Waals surface area contributed by atoms with Gasteiger partial charge < -0.3 is 35.7 Å². The summed E-state index contributed by atoms with van der Waals surface area (Å²) in [5.41, 5.74) is 7.29. The molecule has 250 valence electrons. The first-order valence-electron chi connectivity index (χ1n) is 15.2. The second kappa shape index (κ2) is 17.6. The summed E-state index contributed by atoms with van der Waals surface area (Å²) in [5, 5.41) is 16.7. The van der Waals surface area contributed by atoms with E-state index >= 15 is 0 Å². The molecule has 4 rings (SSSR count). The summed E-state index contributed by atoms with van der Waals surface area (Å²) in [7, 11) is -3.76. The summed E-state index contributed by atoms with van der Waals surface area (Å²) >= 11 is 12.8. The number of sulfonamides is 1. The van der Waals surface area contributed by atoms with Crippen molar-refractivity contribution in [1.29, 1.82) is 0 Å². The van der Waals surface area contributed by atoms with Crippen LogP contribution in [-0.4, -0.2) is 102 Å². The number of benzene rings is 2. The van der Waals surface area contributed by atoms with Crippen LogP contribution in [0.25, 0.3) is 0 Å². The van der Waals surface area contributed by atoms with Gasteiger partial charge in [0, 0.05) is 48.3 Å². The normalized spacial score (nSPS) is 19.9. The van der Waals surface area contributed by atoms with Crippen molar-refractivity contribution in [2.45, 2.75) is 48.8 Å². The minimum atomic E-state index is -3.76. The summed E-state index contributed by atoms with van der Waals surface area (Å²) in [6.07, 6.45) is 2.31. The summed E-state index contributed by atoms with van der Waals surface area (Å²) in [6.45, 7) is 4.06. The summed E-state index contributed by atoms with van der Waals surface area (Å²) in [6, 6.07) is 9.55. The molecule has 45 heavy (non-hydrogen) atoms. The Morgan fingerprint density at radius 2 is 1.71 bits per heavy atom. The standard InChI is InChI=1S/C30H43Cl2N5O7S/c31-21-17-26-25(27(32)18-21)19-28(37-12-7-22(38)20-37)29(26)44-23-3-5-24(6-4-23)45(40,41)36-11-14-43-16-15-42-13-10-35-30(39)34-9-2-1-8-33/h3-6,17-18,22,28-29,36,38H,1-2,7-16,19-20,33H2,(H2,34,35,39)/t22-,28+,29+/m1/s1. The number of β-amino-alcohol motifs (C(OH)–C–C–N with tert-alkyl or cyclic N) is 1. The zero-order valence-corrected chi connectivity index (χ0v) is 27.5. The number of halogens is 2. The molecule has 2 aliphatic rings. The van der Waals surface area contributed by atoms with Gasteiger partial charge in [0.25, 0.3) is 0 Å². The van der Waals surface area contributed by atoms with Crippen molar-refractivity contribution >= 4 is 39.3 Å². The smallest absolute Gasteiger partial charge is 0.314 e. The van der Waals surface area contributed by atoms with Crippen LogP contribution in [0.4, 0.5) is 4.79 Å². The van der Waals surface area contributed by atoms with Crippen molar-refractivity contribution in [1.82, 2.24) is 20.3 Å². The Labute approximate surface area is 274 Å². The molecule has 1 heterocycles. The van der Waals surface area contributed by atoms with Crippen LogP contribution in [0.1, 0.15) is 36.5 Å². The number of ether oxygens (including phenoxy) is 3. The van der Waals surface area contributed by atoms with Crippen LogP contribution in [0.3, 0.4) is 0 Å². The zero-order valence-electron chi connectivity index (χ0n) is 25.2. The molecule has 0 spiro atoms. The Balaban J connectivity index is 1.18. The summed E-state index contributed by atoms with van der Waals surface area (Å²) in [5.74, 6) is 0.509. The number of nitrogens with two attached hydrogens (primary N) is 1. The number of nitrogens with zero attached hydrogens (tertiary/aromatic N) is 1. The van der Waals surface area contributed by atoms with Crippen molar-refractivity contribution in [2.75, 3.05) is 65.7 Å². The number of carbonyl (C=O) groups excluding carboxylic acids is 1. The van der Waals surface area contributed by atoms with E-state index in [9.17, 15) is 18.3 Å². The monoisotopic (exact) mass is 687 g/mol. The van der Waals surface area contributed by atoms with Crippen LogP contribution in [-0.2, 0) is 25.9 Å². The second-order valence-corrected chi connectivity index (χ2v) is 13.6. The van der Waals surface area contributed by atoms with Gasteiger partial charge in [0.15, 0.2) is 0 Å². The molecule has 0 radical (unpaired) electrons. The van der Waals surface area contributed by atoms with Crippen molar-refractivity contribution in [3.05, 3.63) is 57.6 Å². The Kier molecular flexibility index (Phi) is 14.0. The predicted octanol–water partition coefficient (Wildman–Crippen LogP) is 2.45. The maximum absolute atomic E-state index is 12.8. The molecule has 1 fully saturated rings. The number of likely N-dealkylation sites (tertiary alicyclic amines) is 1. The zero-order chi connectivity index (χ0) is 32.2. The Hall–Kier alpha value is -2.20. The lowest BCUT2D eigenvalue weighted by molar-refractivity contribution is 0.0516. The highest BCUT2D eigenvalue weighted by Gasteiger charge is 2.41. The number of aliphatic hydroxyl groups excluding tert-OH is 1. The number of unbranched alkanes of at least 4 members (excludes halogenated alkanes) is 1. The number of hydrogen-bond acceptors (Lipinski definition) is 9. The number of nitrogens with one attached hydrogen (secondary N) is 3. The number of aliphatic hydroxyl groups is 1. The first-order chi connectivity index (χ1) is 21.7. The molecular formula is C30H43Cl2N5O7S. The molecule has 0 aromatic heterocycles. The van der Waals surface area contributed by atoms with Gasteiger partial charge in [-0.2, -0.15) is 0 Å². The molecule has 2 amide bonds. The number of fused-ring (bicyclic) bond motifs is 1. The largest absolute Gasteiger partial charge is 0.484 e. The van der Waals surface area contributed by atoms with Gasteiger partial charge in [-0.25, -0.2) is 17.9 Å². The van der Waals surface area contributed by atoms with Gasteiger partial charge in [0.2, 0.25) is 10.0 Å². The number of hydrogen-bond donors (Lipinski definition) is 5. The van der Waals surface area contributed by atoms with Crippen LogP contribution in [0.5, 0.6) is 5.75 Å². The predicted molar refractivity (Wildman–Crippen MR) is 172 cm³/mol. The van der Waals surface area contributed by atoms with Crippen LogP contribution in [0, 0.1) is 0 Å². The molecule has 0 bridgehead atoms. The first kappa shape index (κ1) is 35.7. The van der Waals surface area contributed by atoms with E-state index in [2.05, 4.69) is 20.3 Å². The fourth-order valence-corrected chi connectivity index (χ4v) is 7.02. The topological polar surface area (TPSA) is 164 Å². The van der Waals surface area contributed by atoms with E-state index < -0.39 is 10.0 Å². The number of carbonyl (C=O) groups is 1. The molecule has 3 atom stereocenters. The van der Waals surface area contributed by atoms with Crippen molar-refractivity contribution in [3.8, 4) is 5.75 Å². The molecule has 2 aromatic carbocycles. The second-order valence-electron chi connectivity index (χ2n) is 11.0. The molecule has 1 saturated heterocycles. The first-order valence-corrected chi connectivity index (χ1v) is 17.5. The van der Waals surface area contributed by atoms with E-state index in [-0.39, 0.29) is 48.9 Å². The number of rotatable bonds is 18. The summed E-state index contributed by atoms with van der Waals surface area (Å²) < 4.78 is 45.4. The molecule has 0 unspecified atom stereocenters. The SMILES string of the molecule is NCCCCNC(=O)NCCOCCOCCNS(=O)(=O)c1ccc(O[C@H]2c3cc(Cl)cc(Cl)c3C[C@@H]2N2CC[C@@H](O)C2)cc1. The molecule has 2 aromatic rings. The maximum Gasteiger partial charge on any atom is 0.314 e.